The van der Waals surface area contributed by atoms with E-state index in [2.05, 4.69) is 0 Å². The summed E-state index contributed by atoms with van der Waals surface area (Å²) >= 11 is 5.88. The average molecular weight is 280 g/mol. The van der Waals surface area contributed by atoms with Crippen molar-refractivity contribution in [3.63, 3.8) is 0 Å². The lowest BCUT2D eigenvalue weighted by Crippen LogP contribution is -1.98. The van der Waals surface area contributed by atoms with Crippen molar-refractivity contribution in [2.75, 3.05) is 0 Å². The first-order valence-corrected chi connectivity index (χ1v) is 5.74. The molecule has 5 heteroatoms. The number of rotatable bonds is 3. The first-order chi connectivity index (χ1) is 9.10. The Labute approximate surface area is 113 Å². The lowest BCUT2D eigenvalue weighted by molar-refractivity contribution is 0.304. The van der Waals surface area contributed by atoms with Gasteiger partial charge in [-0.2, -0.15) is 5.26 Å². The van der Waals surface area contributed by atoms with E-state index in [1.807, 2.05) is 0 Å². The molecule has 0 saturated heterocycles. The number of hydrogen-bond donors (Lipinski definition) is 0. The highest BCUT2D eigenvalue weighted by Gasteiger charge is 2.06. The van der Waals surface area contributed by atoms with Crippen LogP contribution in [0.1, 0.15) is 11.1 Å². The number of halogens is 3. The molecule has 19 heavy (non-hydrogen) atoms. The summed E-state index contributed by atoms with van der Waals surface area (Å²) in [7, 11) is 0. The number of hydrogen-bond acceptors (Lipinski definition) is 2. The summed E-state index contributed by atoms with van der Waals surface area (Å²) in [6.07, 6.45) is 0. The molecular formula is C14H8ClF2NO. The molecule has 2 rings (SSSR count). The van der Waals surface area contributed by atoms with Crippen LogP contribution in [0.4, 0.5) is 8.78 Å². The Hall–Kier alpha value is -2.12. The van der Waals surface area contributed by atoms with E-state index < -0.39 is 11.6 Å². The van der Waals surface area contributed by atoms with Crippen LogP contribution in [0.25, 0.3) is 0 Å². The van der Waals surface area contributed by atoms with Gasteiger partial charge in [-0.15, -0.1) is 0 Å². The molecule has 0 spiro atoms. The summed E-state index contributed by atoms with van der Waals surface area (Å²) in [4.78, 5) is 0. The second-order valence-electron chi connectivity index (χ2n) is 3.78. The van der Waals surface area contributed by atoms with Gasteiger partial charge in [-0.1, -0.05) is 11.6 Å². The van der Waals surface area contributed by atoms with Gasteiger partial charge in [0, 0.05) is 16.7 Å². The van der Waals surface area contributed by atoms with Crippen molar-refractivity contribution < 1.29 is 13.5 Å². The largest absolute Gasteiger partial charge is 0.489 e. The Bertz CT molecular complexity index is 652. The second kappa shape index (κ2) is 5.68. The van der Waals surface area contributed by atoms with Crippen molar-refractivity contribution in [1.82, 2.24) is 0 Å². The smallest absolute Gasteiger partial charge is 0.144 e. The Morgan fingerprint density at radius 2 is 1.95 bits per heavy atom. The van der Waals surface area contributed by atoms with Crippen LogP contribution in [0.15, 0.2) is 36.4 Å². The third kappa shape index (κ3) is 3.21. The van der Waals surface area contributed by atoms with Gasteiger partial charge in [0.1, 0.15) is 30.1 Å². The van der Waals surface area contributed by atoms with Crippen LogP contribution >= 0.6 is 11.6 Å². The maximum absolute atomic E-state index is 13.3. The van der Waals surface area contributed by atoms with Gasteiger partial charge in [0.05, 0.1) is 5.56 Å². The predicted octanol–water partition coefficient (Wildman–Crippen LogP) is 4.07. The van der Waals surface area contributed by atoms with E-state index >= 15 is 0 Å². The van der Waals surface area contributed by atoms with Gasteiger partial charge in [0.15, 0.2) is 0 Å². The maximum atomic E-state index is 13.3. The summed E-state index contributed by atoms with van der Waals surface area (Å²) in [6, 6.07) is 9.52. The fraction of sp³-hybridized carbons (Fsp3) is 0.0714. The van der Waals surface area contributed by atoms with E-state index in [-0.39, 0.29) is 17.9 Å². The van der Waals surface area contributed by atoms with Gasteiger partial charge in [-0.25, -0.2) is 8.78 Å². The van der Waals surface area contributed by atoms with E-state index in [9.17, 15) is 8.78 Å². The molecule has 0 fully saturated rings. The molecule has 0 amide bonds. The maximum Gasteiger partial charge on any atom is 0.144 e. The summed E-state index contributed by atoms with van der Waals surface area (Å²) in [5.74, 6) is -0.837. The SMILES string of the molecule is N#Cc1ccc(OCc2cc(F)ccc2Cl)cc1F. The second-order valence-corrected chi connectivity index (χ2v) is 4.19. The third-order valence-corrected chi connectivity index (χ3v) is 2.83. The molecule has 0 radical (unpaired) electrons. The minimum absolute atomic E-state index is 0.0158. The zero-order valence-electron chi connectivity index (χ0n) is 9.66. The molecule has 0 aliphatic carbocycles. The highest BCUT2D eigenvalue weighted by atomic mass is 35.5. The first kappa shape index (κ1) is 13.3. The molecular weight excluding hydrogens is 272 g/mol. The number of nitrogens with zero attached hydrogens (tertiary/aromatic N) is 1. The van der Waals surface area contributed by atoms with Crippen molar-refractivity contribution in [1.29, 1.82) is 5.26 Å². The lowest BCUT2D eigenvalue weighted by atomic mass is 10.2. The van der Waals surface area contributed by atoms with Crippen molar-refractivity contribution in [3.05, 3.63) is 64.2 Å². The fourth-order valence-electron chi connectivity index (χ4n) is 1.49. The van der Waals surface area contributed by atoms with Gasteiger partial charge in [-0.05, 0) is 30.3 Å². The van der Waals surface area contributed by atoms with Gasteiger partial charge >= 0.3 is 0 Å². The standard InChI is InChI=1S/C14H8ClF2NO/c15-13-4-2-11(16)5-10(13)8-19-12-3-1-9(7-18)14(17)6-12/h1-6H,8H2. The topological polar surface area (TPSA) is 33.0 Å². The number of benzene rings is 2. The van der Waals surface area contributed by atoms with E-state index in [0.717, 1.165) is 6.07 Å². The predicted molar refractivity (Wildman–Crippen MR) is 66.9 cm³/mol. The van der Waals surface area contributed by atoms with Crippen LogP contribution in [-0.4, -0.2) is 0 Å². The van der Waals surface area contributed by atoms with Crippen LogP contribution in [0.5, 0.6) is 5.75 Å². The van der Waals surface area contributed by atoms with E-state index in [4.69, 9.17) is 21.6 Å². The summed E-state index contributed by atoms with van der Waals surface area (Å²) < 4.78 is 31.7. The van der Waals surface area contributed by atoms with E-state index in [1.165, 1.54) is 30.3 Å². The van der Waals surface area contributed by atoms with Crippen LogP contribution < -0.4 is 4.74 Å². The Morgan fingerprint density at radius 1 is 1.16 bits per heavy atom. The zero-order valence-corrected chi connectivity index (χ0v) is 10.4. The Balaban J connectivity index is 2.13. The number of nitriles is 1. The lowest BCUT2D eigenvalue weighted by Gasteiger charge is -2.08. The zero-order chi connectivity index (χ0) is 13.8. The third-order valence-electron chi connectivity index (χ3n) is 2.46. The molecule has 96 valence electrons. The minimum atomic E-state index is -0.662. The molecule has 2 aromatic rings. The number of ether oxygens (including phenoxy) is 1. The van der Waals surface area contributed by atoms with Gasteiger partial charge in [-0.3, -0.25) is 0 Å². The Morgan fingerprint density at radius 3 is 2.63 bits per heavy atom. The highest BCUT2D eigenvalue weighted by molar-refractivity contribution is 6.31. The molecule has 0 aromatic heterocycles. The Kier molecular flexibility index (Phi) is 3.98. The van der Waals surface area contributed by atoms with Crippen LogP contribution in [-0.2, 0) is 6.61 Å². The van der Waals surface area contributed by atoms with E-state index in [1.54, 1.807) is 6.07 Å². The van der Waals surface area contributed by atoms with Crippen molar-refractivity contribution in [3.8, 4) is 11.8 Å². The van der Waals surface area contributed by atoms with E-state index in [0.29, 0.717) is 10.6 Å². The van der Waals surface area contributed by atoms with Crippen LogP contribution in [0.2, 0.25) is 5.02 Å². The van der Waals surface area contributed by atoms with Crippen LogP contribution in [0, 0.1) is 23.0 Å². The van der Waals surface area contributed by atoms with Gasteiger partial charge in [0.2, 0.25) is 0 Å². The highest BCUT2D eigenvalue weighted by Crippen LogP contribution is 2.21. The molecule has 0 atom stereocenters. The molecule has 2 nitrogen and oxygen atoms in total. The van der Waals surface area contributed by atoms with Gasteiger partial charge in [0.25, 0.3) is 0 Å². The summed E-state index contributed by atoms with van der Waals surface area (Å²) in [5.41, 5.74) is 0.405. The van der Waals surface area contributed by atoms with Crippen LogP contribution in [0.3, 0.4) is 0 Å². The molecule has 0 unspecified atom stereocenters. The summed E-state index contributed by atoms with van der Waals surface area (Å²) in [6.45, 7) is 0.0158. The molecule has 0 saturated carbocycles. The quantitative estimate of drug-likeness (QED) is 0.848. The van der Waals surface area contributed by atoms with Crippen molar-refractivity contribution >= 4 is 11.6 Å². The molecule has 0 bridgehead atoms. The minimum Gasteiger partial charge on any atom is -0.489 e. The molecule has 0 heterocycles. The first-order valence-electron chi connectivity index (χ1n) is 5.36. The molecule has 0 aliphatic heterocycles. The van der Waals surface area contributed by atoms with Crippen molar-refractivity contribution in [2.24, 2.45) is 0 Å². The normalized spacial score (nSPS) is 10.0. The summed E-state index contributed by atoms with van der Waals surface area (Å²) in [5, 5.41) is 8.97. The average Bonchev–Trinajstić information content (AvgIpc) is 2.40. The molecule has 0 aliphatic rings. The fourth-order valence-corrected chi connectivity index (χ4v) is 1.66. The molecule has 0 N–H and O–H groups in total. The monoisotopic (exact) mass is 279 g/mol. The van der Waals surface area contributed by atoms with Crippen molar-refractivity contribution in [2.45, 2.75) is 6.61 Å². The molecule has 2 aromatic carbocycles. The van der Waals surface area contributed by atoms with Gasteiger partial charge < -0.3 is 4.74 Å².